The van der Waals surface area contributed by atoms with Crippen LogP contribution in [0, 0.1) is 15.9 Å². The fourth-order valence-corrected chi connectivity index (χ4v) is 2.77. The van der Waals surface area contributed by atoms with Gasteiger partial charge in [-0.05, 0) is 36.4 Å². The monoisotopic (exact) mass is 364 g/mol. The van der Waals surface area contributed by atoms with Crippen LogP contribution in [-0.4, -0.2) is 24.4 Å². The molecular weight excluding hydrogens is 351 g/mol. The van der Waals surface area contributed by atoms with Gasteiger partial charge in [-0.3, -0.25) is 10.1 Å². The summed E-state index contributed by atoms with van der Waals surface area (Å²) in [6, 6.07) is 10.6. The molecule has 0 amide bonds. The Morgan fingerprint density at radius 2 is 1.93 bits per heavy atom. The molecule has 27 heavy (non-hydrogen) atoms. The zero-order chi connectivity index (χ0) is 19.0. The number of hydrogen-bond acceptors (Lipinski definition) is 6. The second-order valence-electron chi connectivity index (χ2n) is 5.82. The van der Waals surface area contributed by atoms with Crippen molar-refractivity contribution in [1.82, 2.24) is 19.5 Å². The van der Waals surface area contributed by atoms with Gasteiger partial charge >= 0.3 is 5.69 Å². The number of aromatic nitrogens is 4. The Morgan fingerprint density at radius 3 is 2.67 bits per heavy atom. The van der Waals surface area contributed by atoms with Crippen LogP contribution in [-0.2, 0) is 7.05 Å². The molecule has 3 aromatic heterocycles. The highest BCUT2D eigenvalue weighted by atomic mass is 19.1. The van der Waals surface area contributed by atoms with Gasteiger partial charge in [0.2, 0.25) is 11.8 Å². The minimum atomic E-state index is -0.530. The van der Waals surface area contributed by atoms with E-state index < -0.39 is 4.92 Å². The summed E-state index contributed by atoms with van der Waals surface area (Å²) in [4.78, 5) is 23.6. The maximum atomic E-state index is 13.3. The number of halogens is 1. The molecule has 0 saturated carbocycles. The second-order valence-corrected chi connectivity index (χ2v) is 5.82. The van der Waals surface area contributed by atoms with Crippen LogP contribution < -0.4 is 5.32 Å². The van der Waals surface area contributed by atoms with Crippen LogP contribution in [0.4, 0.5) is 21.8 Å². The molecule has 0 aliphatic rings. The number of anilines is 2. The molecule has 1 aromatic carbocycles. The Morgan fingerprint density at radius 1 is 1.15 bits per heavy atom. The van der Waals surface area contributed by atoms with Crippen molar-refractivity contribution < 1.29 is 9.31 Å². The van der Waals surface area contributed by atoms with Gasteiger partial charge in [-0.2, -0.15) is 4.98 Å². The Labute approximate surface area is 152 Å². The maximum absolute atomic E-state index is 13.3. The van der Waals surface area contributed by atoms with Crippen molar-refractivity contribution in [2.45, 2.75) is 0 Å². The van der Waals surface area contributed by atoms with Crippen molar-refractivity contribution in [2.24, 2.45) is 7.05 Å². The van der Waals surface area contributed by atoms with Crippen LogP contribution in [0.5, 0.6) is 0 Å². The van der Waals surface area contributed by atoms with Crippen LogP contribution >= 0.6 is 0 Å². The van der Waals surface area contributed by atoms with E-state index in [1.54, 1.807) is 12.1 Å². The summed E-state index contributed by atoms with van der Waals surface area (Å²) in [7, 11) is 1.83. The molecule has 4 rings (SSSR count). The quantitative estimate of drug-likeness (QED) is 0.436. The smallest absolute Gasteiger partial charge is 0.311 e. The molecule has 4 aromatic rings. The molecule has 1 N–H and O–H groups in total. The lowest BCUT2D eigenvalue weighted by Crippen LogP contribution is -2.04. The minimum absolute atomic E-state index is 0.0427. The SMILES string of the molecule is Cn1ccc2c(-c3ccc(F)cc3)nc(Nc3ncccc3[N+](=O)[O-])nc21. The van der Waals surface area contributed by atoms with Crippen molar-refractivity contribution in [3.05, 3.63) is 70.8 Å². The molecule has 0 radical (unpaired) electrons. The molecule has 9 heteroatoms. The number of benzene rings is 1. The van der Waals surface area contributed by atoms with Crippen LogP contribution in [0.1, 0.15) is 0 Å². The van der Waals surface area contributed by atoms with Gasteiger partial charge in [-0.25, -0.2) is 14.4 Å². The molecule has 134 valence electrons. The number of aryl methyl sites for hydroxylation is 1. The van der Waals surface area contributed by atoms with E-state index in [0.717, 1.165) is 5.39 Å². The third kappa shape index (κ3) is 3.06. The van der Waals surface area contributed by atoms with Crippen molar-refractivity contribution in [3.8, 4) is 11.3 Å². The fraction of sp³-hybridized carbons (Fsp3) is 0.0556. The lowest BCUT2D eigenvalue weighted by atomic mass is 10.1. The summed E-state index contributed by atoms with van der Waals surface area (Å²) < 4.78 is 15.1. The summed E-state index contributed by atoms with van der Waals surface area (Å²) in [5.41, 5.74) is 1.73. The predicted octanol–water partition coefficient (Wildman–Crippen LogP) is 3.82. The predicted molar refractivity (Wildman–Crippen MR) is 98.1 cm³/mol. The van der Waals surface area contributed by atoms with Crippen molar-refractivity contribution in [3.63, 3.8) is 0 Å². The summed E-state index contributed by atoms with van der Waals surface area (Å²) in [6.45, 7) is 0. The first-order chi connectivity index (χ1) is 13.0. The van der Waals surface area contributed by atoms with Gasteiger partial charge in [0.05, 0.1) is 10.6 Å². The number of nitrogens with zero attached hydrogens (tertiary/aromatic N) is 5. The van der Waals surface area contributed by atoms with E-state index in [1.807, 2.05) is 23.9 Å². The summed E-state index contributed by atoms with van der Waals surface area (Å²) in [6.07, 6.45) is 3.27. The van der Waals surface area contributed by atoms with E-state index in [9.17, 15) is 14.5 Å². The van der Waals surface area contributed by atoms with E-state index in [2.05, 4.69) is 20.3 Å². The van der Waals surface area contributed by atoms with E-state index in [0.29, 0.717) is 16.9 Å². The Kier molecular flexibility index (Phi) is 3.96. The van der Waals surface area contributed by atoms with Gasteiger partial charge in [0.1, 0.15) is 11.5 Å². The first-order valence-electron chi connectivity index (χ1n) is 7.98. The average Bonchev–Trinajstić information content (AvgIpc) is 3.03. The average molecular weight is 364 g/mol. The Hall–Kier alpha value is -3.88. The van der Waals surface area contributed by atoms with Crippen LogP contribution in [0.15, 0.2) is 54.9 Å². The summed E-state index contributed by atoms with van der Waals surface area (Å²) in [5.74, 6) is -0.147. The first-order valence-corrected chi connectivity index (χ1v) is 7.98. The Bertz CT molecular complexity index is 1160. The summed E-state index contributed by atoms with van der Waals surface area (Å²) >= 11 is 0. The van der Waals surface area contributed by atoms with Gasteiger partial charge in [0, 0.05) is 36.5 Å². The lowest BCUT2D eigenvalue weighted by molar-refractivity contribution is -0.384. The number of pyridine rings is 1. The highest BCUT2D eigenvalue weighted by molar-refractivity contribution is 5.92. The van der Waals surface area contributed by atoms with Gasteiger partial charge in [-0.15, -0.1) is 0 Å². The van der Waals surface area contributed by atoms with E-state index in [4.69, 9.17) is 0 Å². The number of nitrogens with one attached hydrogen (secondary N) is 1. The van der Waals surface area contributed by atoms with Crippen LogP contribution in [0.2, 0.25) is 0 Å². The third-order valence-electron chi connectivity index (χ3n) is 4.06. The molecule has 0 fully saturated rings. The second kappa shape index (κ2) is 6.45. The maximum Gasteiger partial charge on any atom is 0.311 e. The number of nitro groups is 1. The third-order valence-corrected chi connectivity index (χ3v) is 4.06. The van der Waals surface area contributed by atoms with Crippen molar-refractivity contribution in [2.75, 3.05) is 5.32 Å². The molecule has 0 unspecified atom stereocenters. The van der Waals surface area contributed by atoms with E-state index in [1.165, 1.54) is 30.5 Å². The number of fused-ring (bicyclic) bond motifs is 1. The van der Waals surface area contributed by atoms with Crippen molar-refractivity contribution in [1.29, 1.82) is 0 Å². The largest absolute Gasteiger partial charge is 0.335 e. The van der Waals surface area contributed by atoms with Gasteiger partial charge < -0.3 is 9.88 Å². The fourth-order valence-electron chi connectivity index (χ4n) is 2.77. The van der Waals surface area contributed by atoms with Crippen molar-refractivity contribution >= 4 is 28.5 Å². The molecule has 0 bridgehead atoms. The van der Waals surface area contributed by atoms with Crippen LogP contribution in [0.3, 0.4) is 0 Å². The van der Waals surface area contributed by atoms with Gasteiger partial charge in [-0.1, -0.05) is 0 Å². The van der Waals surface area contributed by atoms with E-state index in [-0.39, 0.29) is 23.3 Å². The van der Waals surface area contributed by atoms with Crippen LogP contribution in [0.25, 0.3) is 22.3 Å². The molecule has 0 spiro atoms. The zero-order valence-electron chi connectivity index (χ0n) is 14.1. The number of rotatable bonds is 4. The minimum Gasteiger partial charge on any atom is -0.335 e. The Balaban J connectivity index is 1.86. The molecule has 0 aliphatic heterocycles. The molecule has 0 aliphatic carbocycles. The molecule has 8 nitrogen and oxygen atoms in total. The molecule has 0 atom stereocenters. The molecule has 0 saturated heterocycles. The number of hydrogen-bond donors (Lipinski definition) is 1. The molecular formula is C18H13FN6O2. The normalized spacial score (nSPS) is 10.9. The molecule has 3 heterocycles. The highest BCUT2D eigenvalue weighted by Crippen LogP contribution is 2.30. The summed E-state index contributed by atoms with van der Waals surface area (Å²) in [5, 5.41) is 14.8. The lowest BCUT2D eigenvalue weighted by Gasteiger charge is -2.09. The van der Waals surface area contributed by atoms with Gasteiger partial charge in [0.15, 0.2) is 0 Å². The van der Waals surface area contributed by atoms with E-state index >= 15 is 0 Å². The first kappa shape index (κ1) is 16.6. The standard InChI is InChI=1S/C18H13FN6O2/c1-24-10-8-13-15(11-4-6-12(19)7-5-11)21-18(23-17(13)24)22-16-14(25(26)27)3-2-9-20-16/h2-10H,1H3,(H,20,21,22,23). The topological polar surface area (TPSA) is 98.8 Å². The highest BCUT2D eigenvalue weighted by Gasteiger charge is 2.18. The zero-order valence-corrected chi connectivity index (χ0v) is 14.1. The van der Waals surface area contributed by atoms with Gasteiger partial charge in [0.25, 0.3) is 0 Å².